The van der Waals surface area contributed by atoms with Crippen molar-refractivity contribution in [3.8, 4) is 0 Å². The average Bonchev–Trinajstić information content (AvgIpc) is 2.98. The molecule has 11 N–H and O–H groups in total. The fourth-order valence-corrected chi connectivity index (χ4v) is 11.8. The lowest BCUT2D eigenvalue weighted by atomic mass is 9.65. The maximum absolute atomic E-state index is 12.6. The summed E-state index contributed by atoms with van der Waals surface area (Å²) in [5.74, 6) is -3.78. The largest absolute Gasteiger partial charge is 0.481 e. The standard InChI is InChI=1S/C26H46ClN7O13S3/c27-12-5-6-18(49(42,43)44)16(9-12)28-24-30-25(32-26(38)31-24)29-17-10-13(48(39,40)41)7-11-8-19(50(45,46)47)21(22(35)20(11)17)34-33-15-4-2-1-3-14(15)23(36)37/h11-22,24-26,28-32,35,38H,1-10H2,(H,36,37)(H,39,40,41)(H,42,43,44)(H,45,46,47). The van der Waals surface area contributed by atoms with E-state index in [4.69, 9.17) is 11.6 Å². The number of carbonyl (C=O) groups is 1. The van der Waals surface area contributed by atoms with Gasteiger partial charge in [0.15, 0.2) is 6.35 Å². The predicted octanol–water partition coefficient (Wildman–Crippen LogP) is -1.66. The number of aliphatic hydroxyl groups is 2. The van der Waals surface area contributed by atoms with Gasteiger partial charge in [0.25, 0.3) is 30.4 Å². The highest BCUT2D eigenvalue weighted by atomic mass is 35.5. The first-order valence-corrected chi connectivity index (χ1v) is 21.5. The van der Waals surface area contributed by atoms with Crippen LogP contribution in [0.25, 0.3) is 0 Å². The van der Waals surface area contributed by atoms with Crippen LogP contribution >= 0.6 is 11.6 Å². The molecule has 5 aliphatic rings. The van der Waals surface area contributed by atoms with Crippen LogP contribution < -0.4 is 26.6 Å². The molecule has 20 nitrogen and oxygen atoms in total. The Labute approximate surface area is 295 Å². The highest BCUT2D eigenvalue weighted by Gasteiger charge is 2.56. The lowest BCUT2D eigenvalue weighted by Crippen LogP contribution is -2.77. The molecule has 1 heterocycles. The highest BCUT2D eigenvalue weighted by Crippen LogP contribution is 2.45. The SMILES string of the molecule is O=C(O)C1CCCCC1N=NC1C(O)C2C(CC(S(=O)(=O)O)CC2NC2NC(O)NC(NC3CC(Cl)CCC3S(=O)(=O)O)N2)CC1S(=O)(=O)O. The van der Waals surface area contributed by atoms with Gasteiger partial charge in [0.05, 0.1) is 23.3 Å². The molecule has 0 bridgehead atoms. The third-order valence-corrected chi connectivity index (χ3v) is 15.0. The van der Waals surface area contributed by atoms with Crippen LogP contribution in [0.4, 0.5) is 0 Å². The minimum Gasteiger partial charge on any atom is -0.481 e. The van der Waals surface area contributed by atoms with Gasteiger partial charge in [-0.05, 0) is 57.3 Å². The Morgan fingerprint density at radius 1 is 0.720 bits per heavy atom. The number of carboxylic acid groups (broad SMARTS) is 1. The number of alkyl halides is 1. The molecule has 0 aromatic heterocycles. The molecule has 0 amide bonds. The topological polar surface area (TPSA) is 326 Å². The molecule has 0 aromatic carbocycles. The number of carboxylic acids is 1. The number of aliphatic carboxylic acids is 1. The van der Waals surface area contributed by atoms with E-state index in [1.165, 1.54) is 0 Å². The highest BCUT2D eigenvalue weighted by molar-refractivity contribution is 7.87. The molecule has 15 unspecified atom stereocenters. The van der Waals surface area contributed by atoms with Crippen LogP contribution in [0, 0.1) is 17.8 Å². The molecule has 50 heavy (non-hydrogen) atoms. The van der Waals surface area contributed by atoms with Gasteiger partial charge in [-0.3, -0.25) is 45.0 Å². The summed E-state index contributed by atoms with van der Waals surface area (Å²) >= 11 is 6.28. The fraction of sp³-hybridized carbons (Fsp3) is 0.962. The number of nitrogens with one attached hydrogen (secondary N) is 5. The molecule has 5 fully saturated rings. The lowest BCUT2D eigenvalue weighted by molar-refractivity contribution is -0.143. The molecule has 24 heteroatoms. The second kappa shape index (κ2) is 15.7. The van der Waals surface area contributed by atoms with Gasteiger partial charge in [-0.15, -0.1) is 11.6 Å². The Bertz CT molecular complexity index is 1590. The zero-order valence-corrected chi connectivity index (χ0v) is 30.0. The molecule has 4 saturated carbocycles. The molecular weight excluding hydrogens is 750 g/mol. The Hall–Kier alpha value is -1.19. The quantitative estimate of drug-likeness (QED) is 0.0670. The van der Waals surface area contributed by atoms with E-state index in [1.54, 1.807) is 0 Å². The summed E-state index contributed by atoms with van der Waals surface area (Å²) in [6.45, 7) is 0. The predicted molar refractivity (Wildman–Crippen MR) is 175 cm³/mol. The van der Waals surface area contributed by atoms with Crippen molar-refractivity contribution < 1.29 is 59.0 Å². The van der Waals surface area contributed by atoms with Gasteiger partial charge in [0, 0.05) is 23.4 Å². The van der Waals surface area contributed by atoms with Gasteiger partial charge >= 0.3 is 5.97 Å². The van der Waals surface area contributed by atoms with E-state index in [0.29, 0.717) is 32.1 Å². The van der Waals surface area contributed by atoms with Gasteiger partial charge in [-0.2, -0.15) is 35.5 Å². The molecule has 1 aliphatic heterocycles. The van der Waals surface area contributed by atoms with Gasteiger partial charge in [0.1, 0.15) is 29.1 Å². The normalized spacial score (nSPS) is 43.7. The summed E-state index contributed by atoms with van der Waals surface area (Å²) in [7, 11) is -14.0. The van der Waals surface area contributed by atoms with E-state index in [1.807, 2.05) is 0 Å². The first kappa shape index (κ1) is 40.0. The van der Waals surface area contributed by atoms with Crippen LogP contribution in [0.2, 0.25) is 0 Å². The van der Waals surface area contributed by atoms with E-state index in [9.17, 15) is 59.0 Å². The van der Waals surface area contributed by atoms with Crippen molar-refractivity contribution in [2.24, 2.45) is 28.0 Å². The summed E-state index contributed by atoms with van der Waals surface area (Å²) in [6.07, 6.45) is -3.40. The molecule has 288 valence electrons. The summed E-state index contributed by atoms with van der Waals surface area (Å²) in [5.41, 5.74) is 0. The summed E-state index contributed by atoms with van der Waals surface area (Å²) in [5, 5.41) is 50.1. The number of nitrogens with zero attached hydrogens (tertiary/aromatic N) is 2. The number of aliphatic hydroxyl groups excluding tert-OH is 2. The number of hydrogen-bond donors (Lipinski definition) is 11. The minimum atomic E-state index is -4.89. The molecule has 0 radical (unpaired) electrons. The zero-order valence-electron chi connectivity index (χ0n) is 26.8. The molecule has 5 rings (SSSR count). The Kier molecular flexibility index (Phi) is 12.5. The van der Waals surface area contributed by atoms with Gasteiger partial charge in [-0.1, -0.05) is 12.8 Å². The van der Waals surface area contributed by atoms with E-state index in [-0.39, 0.29) is 37.5 Å². The lowest BCUT2D eigenvalue weighted by Gasteiger charge is -2.51. The third kappa shape index (κ3) is 9.48. The van der Waals surface area contributed by atoms with Crippen LogP contribution in [-0.4, -0.2) is 131 Å². The van der Waals surface area contributed by atoms with Gasteiger partial charge in [0.2, 0.25) is 0 Å². The fourth-order valence-electron chi connectivity index (χ4n) is 8.45. The van der Waals surface area contributed by atoms with Crippen molar-refractivity contribution in [1.29, 1.82) is 0 Å². The zero-order chi connectivity index (χ0) is 36.8. The number of halogens is 1. The number of fused-ring (bicyclic) bond motifs is 1. The molecule has 15 atom stereocenters. The maximum atomic E-state index is 12.6. The van der Waals surface area contributed by atoms with Gasteiger partial charge in [-0.25, -0.2) is 0 Å². The summed E-state index contributed by atoms with van der Waals surface area (Å²) in [6, 6.07) is -4.17. The van der Waals surface area contributed by atoms with Crippen molar-refractivity contribution in [2.45, 2.75) is 135 Å². The van der Waals surface area contributed by atoms with Crippen LogP contribution in [0.3, 0.4) is 0 Å². The van der Waals surface area contributed by atoms with Crippen molar-refractivity contribution in [3.05, 3.63) is 0 Å². The van der Waals surface area contributed by atoms with E-state index < -0.39 is 119 Å². The second-order valence-corrected chi connectivity index (χ2v) is 19.6. The molecule has 0 aromatic rings. The number of rotatable bonds is 10. The molecular formula is C26H46ClN7O13S3. The maximum Gasteiger partial charge on any atom is 0.308 e. The summed E-state index contributed by atoms with van der Waals surface area (Å²) in [4.78, 5) is 11.8. The minimum absolute atomic E-state index is 0.0840. The van der Waals surface area contributed by atoms with Crippen molar-refractivity contribution in [2.75, 3.05) is 0 Å². The first-order valence-electron chi connectivity index (χ1n) is 16.5. The second-order valence-electron chi connectivity index (χ2n) is 14.0. The first-order chi connectivity index (χ1) is 23.2. The van der Waals surface area contributed by atoms with E-state index in [2.05, 4.69) is 36.8 Å². The van der Waals surface area contributed by atoms with Crippen molar-refractivity contribution in [1.82, 2.24) is 26.6 Å². The van der Waals surface area contributed by atoms with Crippen LogP contribution in [0.1, 0.15) is 64.2 Å². The smallest absolute Gasteiger partial charge is 0.308 e. The van der Waals surface area contributed by atoms with Crippen LogP contribution in [-0.2, 0) is 35.1 Å². The average molecular weight is 796 g/mol. The molecule has 4 aliphatic carbocycles. The van der Waals surface area contributed by atoms with Gasteiger partial charge < -0.3 is 15.3 Å². The van der Waals surface area contributed by atoms with Crippen molar-refractivity contribution >= 4 is 47.9 Å². The Morgan fingerprint density at radius 2 is 1.34 bits per heavy atom. The number of azo groups is 1. The molecule has 0 spiro atoms. The Morgan fingerprint density at radius 3 is 1.94 bits per heavy atom. The summed E-state index contributed by atoms with van der Waals surface area (Å²) < 4.78 is 104. The van der Waals surface area contributed by atoms with Crippen LogP contribution in [0.5, 0.6) is 0 Å². The Balaban J connectivity index is 1.40. The van der Waals surface area contributed by atoms with Crippen LogP contribution in [0.15, 0.2) is 10.2 Å². The monoisotopic (exact) mass is 795 g/mol. The third-order valence-electron chi connectivity index (χ3n) is 10.8. The van der Waals surface area contributed by atoms with E-state index in [0.717, 1.165) is 0 Å². The number of hydrogen-bond acceptors (Lipinski definition) is 16. The molecule has 1 saturated heterocycles. The van der Waals surface area contributed by atoms with E-state index >= 15 is 0 Å². The van der Waals surface area contributed by atoms with Crippen molar-refractivity contribution in [3.63, 3.8) is 0 Å².